The van der Waals surface area contributed by atoms with Gasteiger partial charge in [-0.25, -0.2) is 4.79 Å². The van der Waals surface area contributed by atoms with Crippen molar-refractivity contribution < 1.29 is 23.9 Å². The van der Waals surface area contributed by atoms with E-state index in [1.54, 1.807) is 11.8 Å². The molecule has 8 nitrogen and oxygen atoms in total. The Morgan fingerprint density at radius 2 is 1.83 bits per heavy atom. The van der Waals surface area contributed by atoms with Crippen LogP contribution in [0.3, 0.4) is 0 Å². The molecular formula is C22H35N3O5. The Morgan fingerprint density at radius 3 is 2.47 bits per heavy atom. The van der Waals surface area contributed by atoms with Crippen LogP contribution < -0.4 is 5.32 Å². The van der Waals surface area contributed by atoms with Crippen LogP contribution in [0.25, 0.3) is 0 Å². The standard InChI is InChI=1S/C22H35N3O5/c1-4-24(17-11-6-5-7-12-17)19(27)16(3)30-18(26)14-25-20(28)22(23-21(25)29)13-9-8-10-15(22)2/h15-17H,4-14H2,1-3H3,(H,23,29)/t15-,16+,22+/m0/s1. The van der Waals surface area contributed by atoms with Gasteiger partial charge in [0, 0.05) is 12.6 Å². The number of imide groups is 1. The fourth-order valence-electron chi connectivity index (χ4n) is 5.27. The van der Waals surface area contributed by atoms with E-state index in [1.165, 1.54) is 6.42 Å². The van der Waals surface area contributed by atoms with E-state index in [9.17, 15) is 19.2 Å². The lowest BCUT2D eigenvalue weighted by atomic mass is 9.73. The van der Waals surface area contributed by atoms with E-state index in [1.807, 2.05) is 13.8 Å². The number of rotatable bonds is 6. The number of esters is 1. The Kier molecular flexibility index (Phi) is 7.03. The third kappa shape index (κ3) is 4.32. The van der Waals surface area contributed by atoms with Gasteiger partial charge in [-0.2, -0.15) is 0 Å². The largest absolute Gasteiger partial charge is 0.451 e. The van der Waals surface area contributed by atoms with Gasteiger partial charge in [0.15, 0.2) is 6.10 Å². The van der Waals surface area contributed by atoms with Crippen LogP contribution in [0.1, 0.15) is 78.6 Å². The first-order valence-corrected chi connectivity index (χ1v) is 11.4. The van der Waals surface area contributed by atoms with Crippen LogP contribution in [0.2, 0.25) is 0 Å². The molecule has 1 aliphatic heterocycles. The number of carbonyl (C=O) groups excluding carboxylic acids is 4. The smallest absolute Gasteiger partial charge is 0.327 e. The second-order valence-electron chi connectivity index (χ2n) is 8.99. The predicted octanol–water partition coefficient (Wildman–Crippen LogP) is 2.60. The zero-order valence-electron chi connectivity index (χ0n) is 18.4. The van der Waals surface area contributed by atoms with Gasteiger partial charge in [-0.15, -0.1) is 0 Å². The van der Waals surface area contributed by atoms with Crippen molar-refractivity contribution in [1.82, 2.24) is 15.1 Å². The molecule has 0 aromatic rings. The van der Waals surface area contributed by atoms with Gasteiger partial charge >= 0.3 is 12.0 Å². The summed E-state index contributed by atoms with van der Waals surface area (Å²) < 4.78 is 5.34. The van der Waals surface area contributed by atoms with Gasteiger partial charge in [-0.1, -0.05) is 39.0 Å². The lowest BCUT2D eigenvalue weighted by molar-refractivity contribution is -0.161. The molecule has 1 heterocycles. The van der Waals surface area contributed by atoms with E-state index in [0.717, 1.165) is 49.8 Å². The van der Waals surface area contributed by atoms with Gasteiger partial charge in [0.05, 0.1) is 0 Å². The van der Waals surface area contributed by atoms with Crippen LogP contribution in [-0.2, 0) is 19.1 Å². The first-order chi connectivity index (χ1) is 14.3. The minimum absolute atomic E-state index is 0.0258. The molecule has 3 atom stereocenters. The van der Waals surface area contributed by atoms with E-state index >= 15 is 0 Å². The second kappa shape index (κ2) is 9.35. The fourth-order valence-corrected chi connectivity index (χ4v) is 5.27. The van der Waals surface area contributed by atoms with E-state index in [-0.39, 0.29) is 23.8 Å². The van der Waals surface area contributed by atoms with Crippen molar-refractivity contribution >= 4 is 23.8 Å². The van der Waals surface area contributed by atoms with Gasteiger partial charge in [-0.3, -0.25) is 19.3 Å². The van der Waals surface area contributed by atoms with Crippen molar-refractivity contribution in [3.05, 3.63) is 0 Å². The number of hydrogen-bond donors (Lipinski definition) is 1. The topological polar surface area (TPSA) is 96.0 Å². The third-order valence-electron chi connectivity index (χ3n) is 7.08. The average Bonchev–Trinajstić information content (AvgIpc) is 2.96. The fraction of sp³-hybridized carbons (Fsp3) is 0.818. The summed E-state index contributed by atoms with van der Waals surface area (Å²) in [6, 6.07) is -0.363. The molecule has 0 unspecified atom stereocenters. The maximum absolute atomic E-state index is 13.0. The first kappa shape index (κ1) is 22.6. The Labute approximate surface area is 178 Å². The molecule has 1 spiro atoms. The van der Waals surface area contributed by atoms with Crippen LogP contribution in [-0.4, -0.2) is 64.4 Å². The molecule has 2 saturated carbocycles. The summed E-state index contributed by atoms with van der Waals surface area (Å²) in [6.45, 7) is 5.55. The molecular weight excluding hydrogens is 386 g/mol. The van der Waals surface area contributed by atoms with Crippen molar-refractivity contribution in [3.63, 3.8) is 0 Å². The van der Waals surface area contributed by atoms with E-state index in [4.69, 9.17) is 4.74 Å². The lowest BCUT2D eigenvalue weighted by Gasteiger charge is -2.36. The van der Waals surface area contributed by atoms with Crippen LogP contribution in [0, 0.1) is 5.92 Å². The number of likely N-dealkylation sites (N-methyl/N-ethyl adjacent to an activating group) is 1. The maximum Gasteiger partial charge on any atom is 0.327 e. The van der Waals surface area contributed by atoms with Gasteiger partial charge in [0.1, 0.15) is 12.1 Å². The summed E-state index contributed by atoms with van der Waals surface area (Å²) in [7, 11) is 0. The molecule has 4 amide bonds. The molecule has 168 valence electrons. The highest BCUT2D eigenvalue weighted by atomic mass is 16.5. The third-order valence-corrected chi connectivity index (χ3v) is 7.08. The Bertz CT molecular complexity index is 690. The second-order valence-corrected chi connectivity index (χ2v) is 8.99. The first-order valence-electron chi connectivity index (χ1n) is 11.4. The van der Waals surface area contributed by atoms with Crippen molar-refractivity contribution in [1.29, 1.82) is 0 Å². The van der Waals surface area contributed by atoms with E-state index in [0.29, 0.717) is 13.0 Å². The zero-order valence-corrected chi connectivity index (χ0v) is 18.4. The molecule has 3 fully saturated rings. The number of hydrogen-bond acceptors (Lipinski definition) is 5. The number of urea groups is 1. The van der Waals surface area contributed by atoms with Gasteiger partial charge in [0.2, 0.25) is 0 Å². The average molecular weight is 422 g/mol. The molecule has 0 aromatic heterocycles. The molecule has 0 aromatic carbocycles. The molecule has 3 rings (SSSR count). The molecule has 1 saturated heterocycles. The summed E-state index contributed by atoms with van der Waals surface area (Å²) in [6.07, 6.45) is 7.77. The number of carbonyl (C=O) groups is 4. The monoisotopic (exact) mass is 421 g/mol. The Morgan fingerprint density at radius 1 is 1.17 bits per heavy atom. The molecule has 3 aliphatic rings. The highest BCUT2D eigenvalue weighted by Gasteiger charge is 2.55. The number of ether oxygens (including phenoxy) is 1. The number of nitrogens with zero attached hydrogens (tertiary/aromatic N) is 2. The Balaban J connectivity index is 1.58. The molecule has 0 radical (unpaired) electrons. The lowest BCUT2D eigenvalue weighted by Crippen LogP contribution is -2.54. The summed E-state index contributed by atoms with van der Waals surface area (Å²) >= 11 is 0. The summed E-state index contributed by atoms with van der Waals surface area (Å²) in [5.74, 6) is -1.28. The molecule has 0 bridgehead atoms. The molecule has 30 heavy (non-hydrogen) atoms. The van der Waals surface area contributed by atoms with Crippen LogP contribution in [0.4, 0.5) is 4.79 Å². The van der Waals surface area contributed by atoms with Gasteiger partial charge < -0.3 is 15.0 Å². The quantitative estimate of drug-likeness (QED) is 0.525. The zero-order chi connectivity index (χ0) is 21.9. The SMILES string of the molecule is CCN(C(=O)[C@@H](C)OC(=O)CN1C(=O)N[C@@]2(CCCC[C@@H]2C)C1=O)C1CCCCC1. The Hall–Kier alpha value is -2.12. The van der Waals surface area contributed by atoms with Crippen LogP contribution in [0.5, 0.6) is 0 Å². The van der Waals surface area contributed by atoms with Crippen molar-refractivity contribution in [2.24, 2.45) is 5.92 Å². The highest BCUT2D eigenvalue weighted by molar-refractivity contribution is 6.09. The maximum atomic E-state index is 13.0. The van der Waals surface area contributed by atoms with Crippen molar-refractivity contribution in [2.75, 3.05) is 13.1 Å². The number of amides is 4. The molecule has 8 heteroatoms. The van der Waals surface area contributed by atoms with Gasteiger partial charge in [0.25, 0.3) is 11.8 Å². The molecule has 2 aliphatic carbocycles. The molecule has 1 N–H and O–H groups in total. The van der Waals surface area contributed by atoms with E-state index in [2.05, 4.69) is 5.32 Å². The minimum atomic E-state index is -0.942. The van der Waals surface area contributed by atoms with Crippen molar-refractivity contribution in [2.45, 2.75) is 96.2 Å². The van der Waals surface area contributed by atoms with E-state index < -0.39 is 30.2 Å². The van der Waals surface area contributed by atoms with Crippen molar-refractivity contribution in [3.8, 4) is 0 Å². The predicted molar refractivity (Wildman–Crippen MR) is 110 cm³/mol. The highest BCUT2D eigenvalue weighted by Crippen LogP contribution is 2.38. The minimum Gasteiger partial charge on any atom is -0.451 e. The summed E-state index contributed by atoms with van der Waals surface area (Å²) in [5.41, 5.74) is -0.906. The van der Waals surface area contributed by atoms with Gasteiger partial charge in [-0.05, 0) is 45.4 Å². The normalized spacial score (nSPS) is 28.4. The summed E-state index contributed by atoms with van der Waals surface area (Å²) in [4.78, 5) is 53.5. The number of nitrogens with one attached hydrogen (secondary N) is 1. The summed E-state index contributed by atoms with van der Waals surface area (Å²) in [5, 5.41) is 2.83. The van der Waals surface area contributed by atoms with Crippen LogP contribution in [0.15, 0.2) is 0 Å². The van der Waals surface area contributed by atoms with Crippen LogP contribution >= 0.6 is 0 Å².